The molecule has 5 atom stereocenters. The predicted octanol–water partition coefficient (Wildman–Crippen LogP) is 1.06. The third kappa shape index (κ3) is 9.44. The van der Waals surface area contributed by atoms with Crippen molar-refractivity contribution < 1.29 is 29.4 Å². The monoisotopic (exact) mass is 578 g/mol. The van der Waals surface area contributed by atoms with E-state index in [4.69, 9.17) is 5.73 Å². The summed E-state index contributed by atoms with van der Waals surface area (Å²) in [6.07, 6.45) is 3.65. The summed E-state index contributed by atoms with van der Waals surface area (Å²) in [6.45, 7) is 3.73. The molecular formula is C30H38N6O6. The van der Waals surface area contributed by atoms with Gasteiger partial charge >= 0.3 is 5.97 Å². The minimum atomic E-state index is -1.25. The number of nitrogens with zero attached hydrogens (tertiary/aromatic N) is 1. The van der Waals surface area contributed by atoms with Crippen LogP contribution >= 0.6 is 0 Å². The van der Waals surface area contributed by atoms with Crippen molar-refractivity contribution >= 4 is 23.7 Å². The number of aliphatic carboxylic acids is 1. The molecule has 0 aliphatic heterocycles. The van der Waals surface area contributed by atoms with Gasteiger partial charge in [-0.05, 0) is 29.2 Å². The summed E-state index contributed by atoms with van der Waals surface area (Å²) in [6, 6.07) is 10.6. The number of carboxylic acid groups (broad SMARTS) is 1. The average molecular weight is 579 g/mol. The van der Waals surface area contributed by atoms with E-state index in [1.165, 1.54) is 24.7 Å². The Kier molecular flexibility index (Phi) is 11.6. The van der Waals surface area contributed by atoms with Gasteiger partial charge in [0.15, 0.2) is 0 Å². The summed E-state index contributed by atoms with van der Waals surface area (Å²) in [5.74, 6) is -3.22. The SMILES string of the molecule is CCC(C)C(N)C(=O)NC(Cc1ccc(O)cc1)C(=O)NC(Cc1cnc[nH]1)C(=O)NC(Cc1ccccc1)C(=O)O. The fraction of sp³-hybridized carbons (Fsp3) is 0.367. The molecule has 12 nitrogen and oxygen atoms in total. The Balaban J connectivity index is 1.83. The van der Waals surface area contributed by atoms with Gasteiger partial charge in [-0.3, -0.25) is 14.4 Å². The molecule has 3 amide bonds. The van der Waals surface area contributed by atoms with Gasteiger partial charge in [0.2, 0.25) is 17.7 Å². The van der Waals surface area contributed by atoms with Gasteiger partial charge in [-0.2, -0.15) is 0 Å². The summed E-state index contributed by atoms with van der Waals surface area (Å²) < 4.78 is 0. The molecule has 0 radical (unpaired) electrons. The zero-order valence-electron chi connectivity index (χ0n) is 23.6. The minimum Gasteiger partial charge on any atom is -0.508 e. The molecule has 224 valence electrons. The highest BCUT2D eigenvalue weighted by atomic mass is 16.4. The van der Waals surface area contributed by atoms with E-state index in [9.17, 15) is 29.4 Å². The normalized spacial score (nSPS) is 14.5. The van der Waals surface area contributed by atoms with Crippen molar-refractivity contribution in [1.82, 2.24) is 25.9 Å². The number of hydrogen-bond donors (Lipinski definition) is 7. The summed E-state index contributed by atoms with van der Waals surface area (Å²) in [7, 11) is 0. The van der Waals surface area contributed by atoms with Crippen LogP contribution in [0.1, 0.15) is 37.1 Å². The second-order valence-corrected chi connectivity index (χ2v) is 10.3. The molecule has 0 saturated carbocycles. The van der Waals surface area contributed by atoms with Gasteiger partial charge in [0, 0.05) is 31.2 Å². The number of aromatic amines is 1. The van der Waals surface area contributed by atoms with Gasteiger partial charge in [0.25, 0.3) is 0 Å². The number of phenolic OH excluding ortho intramolecular Hbond substituents is 1. The smallest absolute Gasteiger partial charge is 0.326 e. The number of benzene rings is 2. The van der Waals surface area contributed by atoms with Gasteiger partial charge in [-0.25, -0.2) is 9.78 Å². The summed E-state index contributed by atoms with van der Waals surface area (Å²) >= 11 is 0. The molecule has 1 aromatic heterocycles. The first-order chi connectivity index (χ1) is 20.1. The molecule has 12 heteroatoms. The van der Waals surface area contributed by atoms with Crippen LogP contribution in [0.15, 0.2) is 67.1 Å². The van der Waals surface area contributed by atoms with Crippen molar-refractivity contribution in [3.8, 4) is 5.75 Å². The number of H-pyrrole nitrogens is 1. The van der Waals surface area contributed by atoms with Gasteiger partial charge in [0.05, 0.1) is 12.4 Å². The Morgan fingerprint density at radius 1 is 0.833 bits per heavy atom. The molecule has 2 aromatic carbocycles. The van der Waals surface area contributed by atoms with E-state index in [1.807, 2.05) is 13.8 Å². The first-order valence-electron chi connectivity index (χ1n) is 13.8. The number of carbonyl (C=O) groups is 4. The van der Waals surface area contributed by atoms with Crippen molar-refractivity contribution in [3.05, 3.63) is 83.9 Å². The molecule has 42 heavy (non-hydrogen) atoms. The number of imidazole rings is 1. The fourth-order valence-electron chi connectivity index (χ4n) is 4.28. The zero-order valence-corrected chi connectivity index (χ0v) is 23.6. The van der Waals surface area contributed by atoms with Gasteiger partial charge in [-0.1, -0.05) is 62.7 Å². The summed E-state index contributed by atoms with van der Waals surface area (Å²) in [4.78, 5) is 58.9. The van der Waals surface area contributed by atoms with Crippen molar-refractivity contribution in [2.75, 3.05) is 0 Å². The second-order valence-electron chi connectivity index (χ2n) is 10.3. The van der Waals surface area contributed by atoms with Crippen molar-refractivity contribution in [2.24, 2.45) is 11.7 Å². The fourth-order valence-corrected chi connectivity index (χ4v) is 4.28. The van der Waals surface area contributed by atoms with Crippen molar-refractivity contribution in [2.45, 2.75) is 63.7 Å². The number of amides is 3. The van der Waals surface area contributed by atoms with Crippen molar-refractivity contribution in [3.63, 3.8) is 0 Å². The molecule has 0 aliphatic carbocycles. The van der Waals surface area contributed by atoms with Gasteiger partial charge < -0.3 is 36.9 Å². The maximum atomic E-state index is 13.6. The Labute approximate surface area is 244 Å². The van der Waals surface area contributed by atoms with E-state index in [-0.39, 0.29) is 30.9 Å². The zero-order chi connectivity index (χ0) is 30.6. The van der Waals surface area contributed by atoms with E-state index in [0.29, 0.717) is 23.2 Å². The predicted molar refractivity (Wildman–Crippen MR) is 155 cm³/mol. The van der Waals surface area contributed by atoms with Crippen LogP contribution in [0, 0.1) is 5.92 Å². The molecule has 0 saturated heterocycles. The number of carboxylic acids is 1. The molecule has 0 bridgehead atoms. The minimum absolute atomic E-state index is 0.0124. The van der Waals surface area contributed by atoms with Crippen LogP contribution < -0.4 is 21.7 Å². The van der Waals surface area contributed by atoms with Crippen LogP contribution in [-0.2, 0) is 38.4 Å². The van der Waals surface area contributed by atoms with Crippen LogP contribution in [0.5, 0.6) is 5.75 Å². The van der Waals surface area contributed by atoms with Gasteiger partial charge in [0.1, 0.15) is 23.9 Å². The third-order valence-electron chi connectivity index (χ3n) is 7.08. The van der Waals surface area contributed by atoms with E-state index in [2.05, 4.69) is 25.9 Å². The maximum Gasteiger partial charge on any atom is 0.326 e. The number of hydrogen-bond acceptors (Lipinski definition) is 7. The molecular weight excluding hydrogens is 540 g/mol. The largest absolute Gasteiger partial charge is 0.508 e. The summed E-state index contributed by atoms with van der Waals surface area (Å²) in [5, 5.41) is 27.4. The molecule has 8 N–H and O–H groups in total. The first kappa shape index (κ1) is 31.8. The van der Waals surface area contributed by atoms with Crippen LogP contribution in [0.2, 0.25) is 0 Å². The van der Waals surface area contributed by atoms with Gasteiger partial charge in [-0.15, -0.1) is 0 Å². The average Bonchev–Trinajstić information content (AvgIpc) is 3.50. The topological polar surface area (TPSA) is 200 Å². The Morgan fingerprint density at radius 2 is 1.38 bits per heavy atom. The Bertz CT molecular complexity index is 1320. The van der Waals surface area contributed by atoms with Crippen LogP contribution in [-0.4, -0.2) is 68.0 Å². The lowest BCUT2D eigenvalue weighted by Gasteiger charge is -2.26. The second kappa shape index (κ2) is 15.3. The Hall–Kier alpha value is -4.71. The number of carbonyl (C=O) groups excluding carboxylic acids is 3. The van der Waals surface area contributed by atoms with Crippen molar-refractivity contribution in [1.29, 1.82) is 0 Å². The number of rotatable bonds is 15. The van der Waals surface area contributed by atoms with E-state index < -0.39 is 47.9 Å². The molecule has 5 unspecified atom stereocenters. The number of nitrogens with one attached hydrogen (secondary N) is 4. The summed E-state index contributed by atoms with van der Waals surface area (Å²) in [5.41, 5.74) is 8.01. The quantitative estimate of drug-likeness (QED) is 0.139. The third-order valence-corrected chi connectivity index (χ3v) is 7.08. The molecule has 0 spiro atoms. The maximum absolute atomic E-state index is 13.6. The molecule has 1 heterocycles. The van der Waals surface area contributed by atoms with Crippen LogP contribution in [0.3, 0.4) is 0 Å². The lowest BCUT2D eigenvalue weighted by molar-refractivity contribution is -0.142. The number of nitrogens with two attached hydrogens (primary N) is 1. The molecule has 3 rings (SSSR count). The lowest BCUT2D eigenvalue weighted by Crippen LogP contribution is -2.58. The first-order valence-corrected chi connectivity index (χ1v) is 13.8. The van der Waals surface area contributed by atoms with Crippen LogP contribution in [0.4, 0.5) is 0 Å². The van der Waals surface area contributed by atoms with E-state index in [1.54, 1.807) is 42.5 Å². The van der Waals surface area contributed by atoms with Crippen LogP contribution in [0.25, 0.3) is 0 Å². The highest BCUT2D eigenvalue weighted by molar-refractivity contribution is 5.94. The number of aromatic nitrogens is 2. The standard InChI is InChI=1S/C30H38N6O6/c1-3-18(2)26(31)29(40)35-23(13-20-9-11-22(37)12-10-20)27(38)34-24(15-21-16-32-17-33-21)28(39)36-25(30(41)42)14-19-7-5-4-6-8-19/h4-12,16-18,23-26,37H,3,13-15,31H2,1-2H3,(H,32,33)(H,34,38)(H,35,40)(H,36,39)(H,41,42). The number of phenols is 1. The highest BCUT2D eigenvalue weighted by Gasteiger charge is 2.31. The Morgan fingerprint density at radius 3 is 1.95 bits per heavy atom. The van der Waals surface area contributed by atoms with E-state index >= 15 is 0 Å². The lowest BCUT2D eigenvalue weighted by atomic mass is 9.98. The highest BCUT2D eigenvalue weighted by Crippen LogP contribution is 2.13. The molecule has 3 aromatic rings. The number of aromatic hydroxyl groups is 1. The molecule has 0 aliphatic rings. The molecule has 0 fully saturated rings. The van der Waals surface area contributed by atoms with E-state index in [0.717, 1.165) is 0 Å².